The first-order valence-electron chi connectivity index (χ1n) is 5.59. The van der Waals surface area contributed by atoms with E-state index in [9.17, 15) is 14.4 Å². The zero-order chi connectivity index (χ0) is 14.8. The molecule has 0 amide bonds. The molecule has 0 fully saturated rings. The van der Waals surface area contributed by atoms with Gasteiger partial charge in [0, 0.05) is 0 Å². The van der Waals surface area contributed by atoms with Gasteiger partial charge in [-0.25, -0.2) is 4.79 Å². The van der Waals surface area contributed by atoms with Crippen LogP contribution in [0.3, 0.4) is 0 Å². The second kappa shape index (κ2) is 9.41. The van der Waals surface area contributed by atoms with Crippen LogP contribution < -0.4 is 0 Å². The van der Waals surface area contributed by atoms with Gasteiger partial charge in [-0.3, -0.25) is 9.59 Å². The van der Waals surface area contributed by atoms with Gasteiger partial charge in [0.1, 0.15) is 0 Å². The van der Waals surface area contributed by atoms with Gasteiger partial charge in [-0.15, -0.1) is 0 Å². The highest BCUT2D eigenvalue weighted by atomic mass is 16.4. The third kappa shape index (κ3) is 9.59. The Morgan fingerprint density at radius 1 is 0.889 bits per heavy atom. The molecule has 0 aliphatic rings. The third-order valence-electron chi connectivity index (χ3n) is 1.99. The summed E-state index contributed by atoms with van der Waals surface area (Å²) in [5, 5.41) is 33.8. The first-order valence-corrected chi connectivity index (χ1v) is 5.59. The Morgan fingerprint density at radius 2 is 1.22 bits per heavy atom. The van der Waals surface area contributed by atoms with Gasteiger partial charge in [0.05, 0.1) is 12.8 Å². The van der Waals surface area contributed by atoms with Crippen molar-refractivity contribution in [3.63, 3.8) is 0 Å². The minimum atomic E-state index is -2.74. The van der Waals surface area contributed by atoms with Gasteiger partial charge in [-0.1, -0.05) is 33.1 Å². The summed E-state index contributed by atoms with van der Waals surface area (Å²) in [6, 6.07) is 0. The van der Waals surface area contributed by atoms with Crippen LogP contribution in [0, 0.1) is 0 Å². The van der Waals surface area contributed by atoms with E-state index in [0.29, 0.717) is 0 Å². The summed E-state index contributed by atoms with van der Waals surface area (Å²) in [6.45, 7) is 4.42. The summed E-state index contributed by atoms with van der Waals surface area (Å²) in [7, 11) is 0. The highest BCUT2D eigenvalue weighted by molar-refractivity contribution is 5.88. The van der Waals surface area contributed by atoms with Gasteiger partial charge in [0.15, 0.2) is 5.60 Å². The maximum Gasteiger partial charge on any atom is 0.336 e. The van der Waals surface area contributed by atoms with Crippen molar-refractivity contribution >= 4 is 17.9 Å². The van der Waals surface area contributed by atoms with Crippen LogP contribution >= 0.6 is 0 Å². The summed E-state index contributed by atoms with van der Waals surface area (Å²) in [5.41, 5.74) is -2.74. The van der Waals surface area contributed by atoms with Crippen LogP contribution in [0.4, 0.5) is 0 Å². The first kappa shape index (κ1) is 18.7. The SMILES string of the molecule is CCCCC.O=C(O)CC(O)(CC(=O)O)C(=O)O. The van der Waals surface area contributed by atoms with Crippen LogP contribution in [0.5, 0.6) is 0 Å². The zero-order valence-electron chi connectivity index (χ0n) is 10.5. The van der Waals surface area contributed by atoms with Crippen molar-refractivity contribution in [2.24, 2.45) is 0 Å². The molecule has 7 heteroatoms. The molecule has 0 aromatic carbocycles. The summed E-state index contributed by atoms with van der Waals surface area (Å²) < 4.78 is 0. The molecular weight excluding hydrogens is 244 g/mol. The number of aliphatic carboxylic acids is 3. The summed E-state index contributed by atoms with van der Waals surface area (Å²) in [5.74, 6) is -5.02. The van der Waals surface area contributed by atoms with E-state index in [1.165, 1.54) is 19.3 Å². The molecule has 0 atom stereocenters. The van der Waals surface area contributed by atoms with Crippen molar-refractivity contribution in [2.45, 2.75) is 51.6 Å². The lowest BCUT2D eigenvalue weighted by Crippen LogP contribution is -2.42. The van der Waals surface area contributed by atoms with Crippen molar-refractivity contribution < 1.29 is 34.8 Å². The first-order chi connectivity index (χ1) is 8.19. The number of carboxylic acid groups (broad SMARTS) is 3. The number of hydrogen-bond acceptors (Lipinski definition) is 4. The predicted molar refractivity (Wildman–Crippen MR) is 62.3 cm³/mol. The molecule has 0 aromatic rings. The Balaban J connectivity index is 0. The Labute approximate surface area is 105 Å². The number of aliphatic hydroxyl groups is 1. The van der Waals surface area contributed by atoms with Gasteiger partial charge < -0.3 is 20.4 Å². The van der Waals surface area contributed by atoms with E-state index in [1.807, 2.05) is 0 Å². The quantitative estimate of drug-likeness (QED) is 0.538. The molecule has 0 aromatic heterocycles. The molecule has 4 N–H and O–H groups in total. The molecule has 0 saturated carbocycles. The van der Waals surface area contributed by atoms with Crippen molar-refractivity contribution in [3.05, 3.63) is 0 Å². The lowest BCUT2D eigenvalue weighted by Gasteiger charge is -2.18. The van der Waals surface area contributed by atoms with Crippen LogP contribution in [0.25, 0.3) is 0 Å². The van der Waals surface area contributed by atoms with E-state index in [0.717, 1.165) is 0 Å². The number of carbonyl (C=O) groups is 3. The monoisotopic (exact) mass is 264 g/mol. The molecular formula is C11H20O7. The lowest BCUT2D eigenvalue weighted by molar-refractivity contribution is -0.170. The summed E-state index contributed by atoms with van der Waals surface area (Å²) in [6.07, 6.45) is 1.79. The van der Waals surface area contributed by atoms with Crippen LogP contribution in [0.2, 0.25) is 0 Å². The third-order valence-corrected chi connectivity index (χ3v) is 1.99. The van der Waals surface area contributed by atoms with Gasteiger partial charge >= 0.3 is 17.9 Å². The molecule has 0 unspecified atom stereocenters. The van der Waals surface area contributed by atoms with E-state index < -0.39 is 36.4 Å². The molecule has 18 heavy (non-hydrogen) atoms. The molecule has 0 radical (unpaired) electrons. The van der Waals surface area contributed by atoms with E-state index in [1.54, 1.807) is 0 Å². The molecule has 0 heterocycles. The molecule has 0 rings (SSSR count). The normalized spacial score (nSPS) is 10.2. The summed E-state index contributed by atoms with van der Waals surface area (Å²) in [4.78, 5) is 30.5. The van der Waals surface area contributed by atoms with Gasteiger partial charge in [-0.2, -0.15) is 0 Å². The van der Waals surface area contributed by atoms with Gasteiger partial charge in [-0.05, 0) is 0 Å². The molecule has 0 bridgehead atoms. The molecule has 0 aliphatic carbocycles. The fourth-order valence-corrected chi connectivity index (χ4v) is 1.07. The van der Waals surface area contributed by atoms with Gasteiger partial charge in [0.25, 0.3) is 0 Å². The van der Waals surface area contributed by atoms with Crippen LogP contribution in [-0.2, 0) is 14.4 Å². The maximum atomic E-state index is 10.3. The van der Waals surface area contributed by atoms with Crippen molar-refractivity contribution in [1.29, 1.82) is 0 Å². The summed E-state index contributed by atoms with van der Waals surface area (Å²) >= 11 is 0. The Hall–Kier alpha value is -1.63. The fraction of sp³-hybridized carbons (Fsp3) is 0.727. The number of hydrogen-bond donors (Lipinski definition) is 4. The molecule has 0 saturated heterocycles. The Bertz CT molecular complexity index is 267. The smallest absolute Gasteiger partial charge is 0.336 e. The topological polar surface area (TPSA) is 132 Å². The highest BCUT2D eigenvalue weighted by Gasteiger charge is 2.40. The molecule has 0 spiro atoms. The number of unbranched alkanes of at least 4 members (excludes halogenated alkanes) is 2. The average Bonchev–Trinajstić information content (AvgIpc) is 2.16. The van der Waals surface area contributed by atoms with Crippen molar-refractivity contribution in [2.75, 3.05) is 0 Å². The largest absolute Gasteiger partial charge is 0.481 e. The van der Waals surface area contributed by atoms with Crippen LogP contribution in [0.1, 0.15) is 46.0 Å². The second-order valence-electron chi connectivity index (χ2n) is 3.83. The minimum absolute atomic E-state index is 1.14. The second-order valence-corrected chi connectivity index (χ2v) is 3.83. The Morgan fingerprint density at radius 3 is 1.33 bits per heavy atom. The van der Waals surface area contributed by atoms with E-state index in [2.05, 4.69) is 13.8 Å². The van der Waals surface area contributed by atoms with Crippen LogP contribution in [-0.4, -0.2) is 43.9 Å². The fourth-order valence-electron chi connectivity index (χ4n) is 1.07. The average molecular weight is 264 g/mol. The van der Waals surface area contributed by atoms with Crippen molar-refractivity contribution in [1.82, 2.24) is 0 Å². The van der Waals surface area contributed by atoms with Crippen LogP contribution in [0.15, 0.2) is 0 Å². The molecule has 0 aliphatic heterocycles. The van der Waals surface area contributed by atoms with Gasteiger partial charge in [0.2, 0.25) is 0 Å². The zero-order valence-corrected chi connectivity index (χ0v) is 10.5. The minimum Gasteiger partial charge on any atom is -0.481 e. The van der Waals surface area contributed by atoms with Crippen molar-refractivity contribution in [3.8, 4) is 0 Å². The van der Waals surface area contributed by atoms with E-state index in [-0.39, 0.29) is 0 Å². The standard InChI is InChI=1S/C6H8O7.C5H12/c7-3(8)1-6(13,5(11)12)2-4(9)10;1-3-5-4-2/h13H,1-2H2,(H,7,8)(H,9,10)(H,11,12);3-5H2,1-2H3. The lowest BCUT2D eigenvalue weighted by atomic mass is 9.96. The Kier molecular flexibility index (Phi) is 9.79. The van der Waals surface area contributed by atoms with E-state index in [4.69, 9.17) is 20.4 Å². The highest BCUT2D eigenvalue weighted by Crippen LogP contribution is 2.15. The number of carboxylic acids is 3. The molecule has 7 nitrogen and oxygen atoms in total. The predicted octanol–water partition coefficient (Wildman–Crippen LogP) is 0.948. The maximum absolute atomic E-state index is 10.3. The van der Waals surface area contributed by atoms with E-state index >= 15 is 0 Å². The number of rotatable bonds is 7. The molecule has 106 valence electrons.